The number of aromatic nitrogens is 2. The third kappa shape index (κ3) is 4.22. The molecule has 170 valence electrons. The number of piperidine rings is 1. The van der Waals surface area contributed by atoms with E-state index in [4.69, 9.17) is 28.9 Å². The van der Waals surface area contributed by atoms with Crippen LogP contribution in [-0.4, -0.2) is 71.5 Å². The Kier molecular flexibility index (Phi) is 6.32. The zero-order valence-electron chi connectivity index (χ0n) is 18.5. The molecule has 1 aromatic carbocycles. The maximum absolute atomic E-state index is 6.54. The van der Waals surface area contributed by atoms with Crippen molar-refractivity contribution in [3.8, 4) is 11.1 Å². The van der Waals surface area contributed by atoms with Crippen molar-refractivity contribution in [3.63, 3.8) is 0 Å². The maximum Gasteiger partial charge on any atom is 0.138 e. The molecule has 2 aromatic heterocycles. The summed E-state index contributed by atoms with van der Waals surface area (Å²) in [5.41, 5.74) is 9.96. The second kappa shape index (κ2) is 9.20. The number of halogens is 2. The van der Waals surface area contributed by atoms with E-state index in [1.807, 2.05) is 18.3 Å². The number of fused-ring (bicyclic) bond motifs is 1. The molecule has 5 rings (SSSR count). The van der Waals surface area contributed by atoms with Crippen LogP contribution in [0.25, 0.3) is 16.8 Å². The normalized spacial score (nSPS) is 19.2. The second-order valence-corrected chi connectivity index (χ2v) is 9.79. The fourth-order valence-corrected chi connectivity index (χ4v) is 5.59. The number of imidazole rings is 1. The Bertz CT molecular complexity index is 1100. The van der Waals surface area contributed by atoms with Gasteiger partial charge in [0, 0.05) is 66.1 Å². The number of nitrogens with two attached hydrogens (primary N) is 1. The fraction of sp³-hybridized carbons (Fsp3) is 0.458. The van der Waals surface area contributed by atoms with Gasteiger partial charge in [0.2, 0.25) is 0 Å². The van der Waals surface area contributed by atoms with Crippen LogP contribution in [0.15, 0.2) is 36.7 Å². The van der Waals surface area contributed by atoms with Crippen LogP contribution in [0.5, 0.6) is 0 Å². The highest BCUT2D eigenvalue weighted by atomic mass is 35.5. The molecule has 0 spiro atoms. The molecule has 2 aliphatic rings. The topological polar surface area (TPSA) is 53.0 Å². The van der Waals surface area contributed by atoms with Gasteiger partial charge in [-0.2, -0.15) is 0 Å². The number of piperazine rings is 1. The molecular formula is C24H30Cl2N6. The Morgan fingerprint density at radius 2 is 1.75 bits per heavy atom. The van der Waals surface area contributed by atoms with E-state index in [1.165, 1.54) is 25.9 Å². The zero-order valence-corrected chi connectivity index (χ0v) is 20.0. The minimum Gasteiger partial charge on any atom is -0.354 e. The predicted molar refractivity (Wildman–Crippen MR) is 133 cm³/mol. The first kappa shape index (κ1) is 22.0. The van der Waals surface area contributed by atoms with Gasteiger partial charge in [-0.05, 0) is 56.7 Å². The van der Waals surface area contributed by atoms with E-state index in [2.05, 4.69) is 43.4 Å². The van der Waals surface area contributed by atoms with Gasteiger partial charge >= 0.3 is 0 Å². The average molecular weight is 473 g/mol. The molecule has 0 unspecified atom stereocenters. The third-order valence-electron chi connectivity index (χ3n) is 7.00. The van der Waals surface area contributed by atoms with Crippen LogP contribution in [0.4, 0.5) is 5.82 Å². The Morgan fingerprint density at radius 1 is 1.00 bits per heavy atom. The van der Waals surface area contributed by atoms with E-state index >= 15 is 0 Å². The Labute approximate surface area is 199 Å². The van der Waals surface area contributed by atoms with Crippen LogP contribution in [0.2, 0.25) is 10.0 Å². The summed E-state index contributed by atoms with van der Waals surface area (Å²) in [6.07, 6.45) is 6.66. The average Bonchev–Trinajstić information content (AvgIpc) is 3.22. The molecule has 0 radical (unpaired) electrons. The molecule has 0 atom stereocenters. The Hall–Kier alpha value is -1.83. The Morgan fingerprint density at radius 3 is 2.44 bits per heavy atom. The molecule has 0 bridgehead atoms. The molecule has 2 aliphatic heterocycles. The van der Waals surface area contributed by atoms with Crippen molar-refractivity contribution in [2.45, 2.75) is 25.4 Å². The van der Waals surface area contributed by atoms with Gasteiger partial charge in [0.15, 0.2) is 0 Å². The monoisotopic (exact) mass is 472 g/mol. The molecule has 2 fully saturated rings. The lowest BCUT2D eigenvalue weighted by atomic mass is 10.0. The number of anilines is 1. The number of rotatable bonds is 4. The van der Waals surface area contributed by atoms with Crippen molar-refractivity contribution >= 4 is 34.7 Å². The number of pyridine rings is 1. The van der Waals surface area contributed by atoms with Crippen LogP contribution in [-0.2, 0) is 6.54 Å². The largest absolute Gasteiger partial charge is 0.354 e. The summed E-state index contributed by atoms with van der Waals surface area (Å²) in [6, 6.07) is 8.39. The highest BCUT2D eigenvalue weighted by Gasteiger charge is 2.27. The molecule has 2 saturated heterocycles. The van der Waals surface area contributed by atoms with Gasteiger partial charge in [-0.25, -0.2) is 4.98 Å². The highest BCUT2D eigenvalue weighted by molar-refractivity contribution is 6.36. The number of hydrogen-bond donors (Lipinski definition) is 1. The molecule has 32 heavy (non-hydrogen) atoms. The number of benzene rings is 1. The molecule has 4 heterocycles. The standard InChI is InChI=1S/C24H30Cl2N6/c1-29-6-4-19(5-7-29)30-8-10-31(11-9-30)24-15-28-23-12-17(14-27)21(16-32(23)24)20-3-2-18(25)13-22(20)26/h2-3,12-13,15-16,19H,4-11,14,27H2,1H3. The Balaban J connectivity index is 1.41. The lowest BCUT2D eigenvalue weighted by molar-refractivity contribution is 0.115. The summed E-state index contributed by atoms with van der Waals surface area (Å²) in [4.78, 5) is 12.2. The van der Waals surface area contributed by atoms with Gasteiger partial charge in [-0.15, -0.1) is 0 Å². The van der Waals surface area contributed by atoms with Crippen LogP contribution in [0.3, 0.4) is 0 Å². The SMILES string of the molecule is CN1CCC(N2CCN(c3cnc4cc(CN)c(-c5ccc(Cl)cc5Cl)cn34)CC2)CC1. The van der Waals surface area contributed by atoms with E-state index in [0.29, 0.717) is 16.6 Å². The number of hydrogen-bond acceptors (Lipinski definition) is 5. The van der Waals surface area contributed by atoms with Crippen molar-refractivity contribution in [2.75, 3.05) is 51.2 Å². The summed E-state index contributed by atoms with van der Waals surface area (Å²) < 4.78 is 2.17. The predicted octanol–water partition coefficient (Wildman–Crippen LogP) is 3.98. The smallest absolute Gasteiger partial charge is 0.138 e. The summed E-state index contributed by atoms with van der Waals surface area (Å²) >= 11 is 12.7. The molecule has 8 heteroatoms. The number of nitrogens with zero attached hydrogens (tertiary/aromatic N) is 5. The lowest BCUT2D eigenvalue weighted by Gasteiger charge is -2.42. The second-order valence-electron chi connectivity index (χ2n) is 8.94. The summed E-state index contributed by atoms with van der Waals surface area (Å²) in [6.45, 7) is 7.04. The van der Waals surface area contributed by atoms with Crippen LogP contribution in [0.1, 0.15) is 18.4 Å². The van der Waals surface area contributed by atoms with E-state index in [0.717, 1.165) is 60.4 Å². The molecule has 0 amide bonds. The van der Waals surface area contributed by atoms with Crippen molar-refractivity contribution in [1.29, 1.82) is 0 Å². The van der Waals surface area contributed by atoms with Gasteiger partial charge in [-0.3, -0.25) is 9.30 Å². The fourth-order valence-electron chi connectivity index (χ4n) is 5.08. The summed E-state index contributed by atoms with van der Waals surface area (Å²) in [5.74, 6) is 1.12. The van der Waals surface area contributed by atoms with Gasteiger partial charge in [0.25, 0.3) is 0 Å². The highest BCUT2D eigenvalue weighted by Crippen LogP contribution is 2.34. The van der Waals surface area contributed by atoms with Crippen molar-refractivity contribution in [2.24, 2.45) is 5.73 Å². The quantitative estimate of drug-likeness (QED) is 0.621. The molecule has 0 saturated carbocycles. The van der Waals surface area contributed by atoms with Crippen molar-refractivity contribution in [1.82, 2.24) is 19.2 Å². The molecule has 6 nitrogen and oxygen atoms in total. The van der Waals surface area contributed by atoms with E-state index in [9.17, 15) is 0 Å². The summed E-state index contributed by atoms with van der Waals surface area (Å²) in [7, 11) is 2.22. The van der Waals surface area contributed by atoms with Crippen LogP contribution >= 0.6 is 23.2 Å². The number of likely N-dealkylation sites (tertiary alicyclic amines) is 1. The van der Waals surface area contributed by atoms with E-state index in [1.54, 1.807) is 6.07 Å². The molecule has 2 N–H and O–H groups in total. The first-order valence-electron chi connectivity index (χ1n) is 11.4. The van der Waals surface area contributed by atoms with Crippen molar-refractivity contribution in [3.05, 3.63) is 52.3 Å². The van der Waals surface area contributed by atoms with E-state index < -0.39 is 0 Å². The minimum absolute atomic E-state index is 0.419. The molecular weight excluding hydrogens is 443 g/mol. The maximum atomic E-state index is 6.54. The van der Waals surface area contributed by atoms with Crippen LogP contribution in [0, 0.1) is 0 Å². The van der Waals surface area contributed by atoms with Crippen molar-refractivity contribution < 1.29 is 0 Å². The minimum atomic E-state index is 0.419. The van der Waals surface area contributed by atoms with E-state index in [-0.39, 0.29) is 0 Å². The summed E-state index contributed by atoms with van der Waals surface area (Å²) in [5, 5.41) is 1.25. The molecule has 0 aliphatic carbocycles. The first-order valence-corrected chi connectivity index (χ1v) is 12.1. The molecule has 3 aromatic rings. The van der Waals surface area contributed by atoms with Gasteiger partial charge in [-0.1, -0.05) is 29.3 Å². The van der Waals surface area contributed by atoms with Gasteiger partial charge in [0.05, 0.1) is 6.20 Å². The first-order chi connectivity index (χ1) is 15.5. The third-order valence-corrected chi connectivity index (χ3v) is 7.55. The lowest BCUT2D eigenvalue weighted by Crippen LogP contribution is -2.53. The van der Waals surface area contributed by atoms with Gasteiger partial charge in [0.1, 0.15) is 11.5 Å². The van der Waals surface area contributed by atoms with Crippen LogP contribution < -0.4 is 10.6 Å². The van der Waals surface area contributed by atoms with Gasteiger partial charge < -0.3 is 15.5 Å². The zero-order chi connectivity index (χ0) is 22.2.